The second-order valence-corrected chi connectivity index (χ2v) is 18.2. The average molecular weight is 796 g/mol. The molecule has 0 amide bonds. The fraction of sp³-hybridized carbons (Fsp3) is 0.233. The van der Waals surface area contributed by atoms with Crippen LogP contribution in [0, 0.1) is 18.8 Å². The van der Waals surface area contributed by atoms with Crippen molar-refractivity contribution in [3.63, 3.8) is 0 Å². The van der Waals surface area contributed by atoms with Gasteiger partial charge in [0.15, 0.2) is 0 Å². The largest absolute Gasteiger partial charge is 0.332 e. The summed E-state index contributed by atoms with van der Waals surface area (Å²) in [5.74, 6) is 1.21. The van der Waals surface area contributed by atoms with Crippen LogP contribution >= 0.6 is 0 Å². The molecule has 0 radical (unpaired) electrons. The molecule has 306 valence electrons. The van der Waals surface area contributed by atoms with E-state index in [0.29, 0.717) is 11.8 Å². The number of hydrogen-bond acceptors (Lipinski definition) is 0. The monoisotopic (exact) mass is 795 g/mol. The molecule has 6 aromatic carbocycles. The molecule has 1 heteroatoms. The van der Waals surface area contributed by atoms with Gasteiger partial charge in [-0.1, -0.05) is 204 Å². The minimum atomic E-state index is -0.391. The van der Waals surface area contributed by atoms with E-state index in [4.69, 9.17) is 0 Å². The summed E-state index contributed by atoms with van der Waals surface area (Å²) >= 11 is 0. The van der Waals surface area contributed by atoms with E-state index in [2.05, 4.69) is 236 Å². The van der Waals surface area contributed by atoms with Gasteiger partial charge in [-0.25, -0.2) is 0 Å². The summed E-state index contributed by atoms with van der Waals surface area (Å²) in [5.41, 5.74) is 17.7. The Hall–Kier alpha value is -6.18. The molecule has 0 bridgehead atoms. The molecule has 7 aromatic rings. The van der Waals surface area contributed by atoms with Gasteiger partial charge < -0.3 is 4.57 Å². The molecule has 1 aliphatic heterocycles. The van der Waals surface area contributed by atoms with Gasteiger partial charge in [0.25, 0.3) is 0 Å². The summed E-state index contributed by atoms with van der Waals surface area (Å²) in [6.07, 6.45) is 17.2. The lowest BCUT2D eigenvalue weighted by Crippen LogP contribution is -2.26. The first-order valence-corrected chi connectivity index (χ1v) is 22.3. The fourth-order valence-electron chi connectivity index (χ4n) is 9.75. The number of hydrogen-bond donors (Lipinski definition) is 0. The van der Waals surface area contributed by atoms with Crippen LogP contribution in [0.3, 0.4) is 0 Å². The maximum atomic E-state index is 4.12. The van der Waals surface area contributed by atoms with Gasteiger partial charge >= 0.3 is 0 Å². The first kappa shape index (κ1) is 41.5. The SMILES string of the molecule is C=C/C(=C\C=C\C1c2cc(-c3ccc(C(C)(c4ccccc4)c4ccccc4-c4ccccc4)cc3)cc3c4ccc(/C=C\CC(C)C)c(C)c4n(c23)C1C=C(C)C)C(C)C. The lowest BCUT2D eigenvalue weighted by molar-refractivity contribution is 0.616. The van der Waals surface area contributed by atoms with Crippen molar-refractivity contribution < 1.29 is 0 Å². The van der Waals surface area contributed by atoms with Gasteiger partial charge in [-0.2, -0.15) is 0 Å². The molecule has 2 heterocycles. The van der Waals surface area contributed by atoms with Gasteiger partial charge in [-0.3, -0.25) is 0 Å². The number of aromatic nitrogens is 1. The number of nitrogens with zero attached hydrogens (tertiary/aromatic N) is 1. The molecule has 3 unspecified atom stereocenters. The van der Waals surface area contributed by atoms with E-state index in [9.17, 15) is 0 Å². The standard InChI is InChI=1S/C60H61N/c1-10-44(42(6)7)24-20-29-52-54-38-48(39-55-53-36-33-45(25-19-21-40(2)3)43(8)58(53)61(59(54)55)57(52)37-41(4)5)46-31-34-50(35-32-46)60(9,49-26-15-12-16-27-49)56-30-18-17-28-51(56)47-22-13-11-14-23-47/h10-20,22-40,42,52,57H,1,21H2,2-9H3/b25-19-,29-20+,44-24+. The van der Waals surface area contributed by atoms with E-state index in [0.717, 1.165) is 6.42 Å². The van der Waals surface area contributed by atoms with Gasteiger partial charge in [-0.15, -0.1) is 0 Å². The Morgan fingerprint density at radius 2 is 1.39 bits per heavy atom. The zero-order valence-corrected chi connectivity index (χ0v) is 37.4. The van der Waals surface area contributed by atoms with Crippen molar-refractivity contribution in [1.29, 1.82) is 0 Å². The third kappa shape index (κ3) is 7.83. The highest BCUT2D eigenvalue weighted by atomic mass is 15.1. The van der Waals surface area contributed by atoms with E-state index < -0.39 is 5.41 Å². The Morgan fingerprint density at radius 1 is 0.721 bits per heavy atom. The molecule has 8 rings (SSSR count). The highest BCUT2D eigenvalue weighted by molar-refractivity contribution is 6.13. The van der Waals surface area contributed by atoms with Crippen LogP contribution in [-0.4, -0.2) is 4.57 Å². The molecule has 1 aliphatic rings. The molecular formula is C60H61N. The van der Waals surface area contributed by atoms with Crippen molar-refractivity contribution >= 4 is 27.9 Å². The van der Waals surface area contributed by atoms with Crippen molar-refractivity contribution in [3.05, 3.63) is 221 Å². The Kier molecular flexibility index (Phi) is 11.9. The van der Waals surface area contributed by atoms with Crippen LogP contribution < -0.4 is 0 Å². The number of benzene rings is 6. The maximum absolute atomic E-state index is 4.12. The van der Waals surface area contributed by atoms with E-state index in [1.807, 2.05) is 6.08 Å². The zero-order chi connectivity index (χ0) is 42.8. The number of aryl methyl sites for hydroxylation is 1. The summed E-state index contributed by atoms with van der Waals surface area (Å²) in [6, 6.07) is 50.0. The van der Waals surface area contributed by atoms with Crippen molar-refractivity contribution in [2.75, 3.05) is 0 Å². The molecule has 1 nitrogen and oxygen atoms in total. The molecule has 1 aromatic heterocycles. The van der Waals surface area contributed by atoms with Crippen LogP contribution in [0.2, 0.25) is 0 Å². The topological polar surface area (TPSA) is 4.93 Å². The lowest BCUT2D eigenvalue weighted by atomic mass is 9.69. The van der Waals surface area contributed by atoms with Crippen molar-refractivity contribution in [2.24, 2.45) is 11.8 Å². The Balaban J connectivity index is 1.32. The predicted octanol–water partition coefficient (Wildman–Crippen LogP) is 16.8. The molecule has 0 spiro atoms. The lowest BCUT2D eigenvalue weighted by Gasteiger charge is -2.34. The minimum absolute atomic E-state index is 0.151. The van der Waals surface area contributed by atoms with Gasteiger partial charge in [0.2, 0.25) is 0 Å². The zero-order valence-electron chi connectivity index (χ0n) is 37.4. The molecule has 0 saturated carbocycles. The fourth-order valence-corrected chi connectivity index (χ4v) is 9.75. The molecule has 0 aliphatic carbocycles. The van der Waals surface area contributed by atoms with Crippen LogP contribution in [0.15, 0.2) is 188 Å². The second kappa shape index (κ2) is 17.4. The van der Waals surface area contributed by atoms with Crippen LogP contribution in [0.1, 0.15) is 100 Å². The minimum Gasteiger partial charge on any atom is -0.332 e. The predicted molar refractivity (Wildman–Crippen MR) is 265 cm³/mol. The average Bonchev–Trinajstić information content (AvgIpc) is 3.76. The Morgan fingerprint density at radius 3 is 2.07 bits per heavy atom. The molecule has 3 atom stereocenters. The van der Waals surface area contributed by atoms with Gasteiger partial charge in [0.1, 0.15) is 0 Å². The number of rotatable bonds is 13. The van der Waals surface area contributed by atoms with Gasteiger partial charge in [0.05, 0.1) is 17.1 Å². The maximum Gasteiger partial charge on any atom is 0.0629 e. The number of fused-ring (bicyclic) bond motifs is 3. The van der Waals surface area contributed by atoms with Crippen LogP contribution in [0.25, 0.3) is 50.1 Å². The first-order valence-electron chi connectivity index (χ1n) is 22.3. The quantitative estimate of drug-likeness (QED) is 0.0622. The van der Waals surface area contributed by atoms with Gasteiger partial charge in [-0.05, 0) is 119 Å². The molecular weight excluding hydrogens is 735 g/mol. The van der Waals surface area contributed by atoms with Crippen molar-refractivity contribution in [1.82, 2.24) is 4.57 Å². The Bertz CT molecular complexity index is 2820. The van der Waals surface area contributed by atoms with Crippen molar-refractivity contribution in [2.45, 2.75) is 79.2 Å². The summed E-state index contributed by atoms with van der Waals surface area (Å²) in [5, 5.41) is 2.65. The Labute approximate surface area is 365 Å². The van der Waals surface area contributed by atoms with Crippen molar-refractivity contribution in [3.8, 4) is 22.3 Å². The van der Waals surface area contributed by atoms with Crippen LogP contribution in [0.5, 0.6) is 0 Å². The van der Waals surface area contributed by atoms with E-state index in [1.165, 1.54) is 88.6 Å². The van der Waals surface area contributed by atoms with Crippen LogP contribution in [-0.2, 0) is 5.41 Å². The van der Waals surface area contributed by atoms with Gasteiger partial charge in [0, 0.05) is 22.1 Å². The molecule has 0 fully saturated rings. The summed E-state index contributed by atoms with van der Waals surface area (Å²) < 4.78 is 2.67. The van der Waals surface area contributed by atoms with Crippen LogP contribution in [0.4, 0.5) is 0 Å². The summed E-state index contributed by atoms with van der Waals surface area (Å²) in [4.78, 5) is 0. The molecule has 0 saturated heterocycles. The number of allylic oxidation sites excluding steroid dienone is 8. The highest BCUT2D eigenvalue weighted by Gasteiger charge is 2.36. The highest BCUT2D eigenvalue weighted by Crippen LogP contribution is 2.51. The van der Waals surface area contributed by atoms with E-state index in [1.54, 1.807) is 0 Å². The summed E-state index contributed by atoms with van der Waals surface area (Å²) in [6.45, 7) is 22.4. The normalized spacial score (nSPS) is 16.4. The van der Waals surface area contributed by atoms with E-state index in [-0.39, 0.29) is 12.0 Å². The molecule has 0 N–H and O–H groups in total. The van der Waals surface area contributed by atoms with E-state index >= 15 is 0 Å². The third-order valence-electron chi connectivity index (χ3n) is 13.0. The smallest absolute Gasteiger partial charge is 0.0629 e. The summed E-state index contributed by atoms with van der Waals surface area (Å²) in [7, 11) is 0. The second-order valence-electron chi connectivity index (χ2n) is 18.2. The first-order chi connectivity index (χ1) is 29.5. The third-order valence-corrected chi connectivity index (χ3v) is 13.0. The molecule has 61 heavy (non-hydrogen) atoms.